The van der Waals surface area contributed by atoms with Crippen LogP contribution in [0.1, 0.15) is 46.4 Å². The van der Waals surface area contributed by atoms with Gasteiger partial charge in [-0.15, -0.1) is 0 Å². The summed E-state index contributed by atoms with van der Waals surface area (Å²) in [6.07, 6.45) is 4.41. The lowest BCUT2D eigenvalue weighted by Crippen LogP contribution is -2.31. The molecule has 0 aromatic heterocycles. The molecule has 1 N–H and O–H groups in total. The van der Waals surface area contributed by atoms with E-state index in [-0.39, 0.29) is 11.8 Å². The van der Waals surface area contributed by atoms with Crippen LogP contribution in [0.3, 0.4) is 0 Å². The van der Waals surface area contributed by atoms with Crippen molar-refractivity contribution in [2.75, 3.05) is 38.7 Å². The number of hydrogen-bond donors (Lipinski definition) is 1. The van der Waals surface area contributed by atoms with E-state index >= 15 is 0 Å². The van der Waals surface area contributed by atoms with Gasteiger partial charge in [-0.25, -0.2) is 0 Å². The second kappa shape index (κ2) is 11.1. The molecule has 0 unspecified atom stereocenters. The third kappa shape index (κ3) is 6.06. The monoisotopic (exact) mass is 474 g/mol. The van der Waals surface area contributed by atoms with Gasteiger partial charge in [0, 0.05) is 35.9 Å². The summed E-state index contributed by atoms with van der Waals surface area (Å²) < 4.78 is 11.5. The third-order valence-corrected chi connectivity index (χ3v) is 5.49. The van der Waals surface area contributed by atoms with Gasteiger partial charge in [0.25, 0.3) is 11.8 Å². The second-order valence-electron chi connectivity index (χ2n) is 7.22. The summed E-state index contributed by atoms with van der Waals surface area (Å²) >= 11 is 3.40. The fourth-order valence-corrected chi connectivity index (χ4v) is 3.79. The Labute approximate surface area is 185 Å². The number of carbonyl (C=O) groups is 2. The van der Waals surface area contributed by atoms with Gasteiger partial charge in [-0.3, -0.25) is 9.59 Å². The van der Waals surface area contributed by atoms with E-state index in [1.165, 1.54) is 12.8 Å². The summed E-state index contributed by atoms with van der Waals surface area (Å²) in [7, 11) is 1.60. The Morgan fingerprint density at radius 2 is 1.80 bits per heavy atom. The molecule has 1 heterocycles. The highest BCUT2D eigenvalue weighted by Gasteiger charge is 2.19. The molecule has 2 aromatic rings. The SMILES string of the molecule is COCCOc1ccc(Br)cc1C(=O)Nc1cccc(C(=O)N2CCCCCC2)c1. The zero-order valence-electron chi connectivity index (χ0n) is 17.2. The molecule has 7 heteroatoms. The number of anilines is 1. The van der Waals surface area contributed by atoms with Gasteiger partial charge in [-0.1, -0.05) is 34.8 Å². The molecule has 0 aliphatic carbocycles. The summed E-state index contributed by atoms with van der Waals surface area (Å²) in [5.74, 6) is 0.187. The van der Waals surface area contributed by atoms with Gasteiger partial charge in [0.2, 0.25) is 0 Å². The smallest absolute Gasteiger partial charge is 0.259 e. The summed E-state index contributed by atoms with van der Waals surface area (Å²) in [4.78, 5) is 27.7. The Balaban J connectivity index is 1.73. The minimum atomic E-state index is -0.303. The van der Waals surface area contributed by atoms with Gasteiger partial charge in [-0.05, 0) is 49.2 Å². The maximum atomic E-state index is 12.9. The maximum absolute atomic E-state index is 12.9. The Bertz CT molecular complexity index is 879. The largest absolute Gasteiger partial charge is 0.490 e. The molecule has 0 atom stereocenters. The molecule has 0 radical (unpaired) electrons. The van der Waals surface area contributed by atoms with Crippen molar-refractivity contribution < 1.29 is 19.1 Å². The number of hydrogen-bond acceptors (Lipinski definition) is 4. The molecular formula is C23H27BrN2O4. The van der Waals surface area contributed by atoms with Crippen molar-refractivity contribution in [1.82, 2.24) is 4.90 Å². The zero-order chi connectivity index (χ0) is 21.3. The number of benzene rings is 2. The van der Waals surface area contributed by atoms with Gasteiger partial charge in [-0.2, -0.15) is 0 Å². The molecule has 0 spiro atoms. The molecule has 160 valence electrons. The Morgan fingerprint density at radius 1 is 1.03 bits per heavy atom. The van der Waals surface area contributed by atoms with Gasteiger partial charge >= 0.3 is 0 Å². The minimum absolute atomic E-state index is 0.0130. The van der Waals surface area contributed by atoms with Crippen molar-refractivity contribution in [3.8, 4) is 5.75 Å². The van der Waals surface area contributed by atoms with Gasteiger partial charge in [0.15, 0.2) is 0 Å². The molecule has 1 aliphatic rings. The first-order valence-corrected chi connectivity index (χ1v) is 11.0. The number of carbonyl (C=O) groups excluding carboxylic acids is 2. The van der Waals surface area contributed by atoms with E-state index in [1.807, 2.05) is 11.0 Å². The second-order valence-corrected chi connectivity index (χ2v) is 8.14. The first-order valence-electron chi connectivity index (χ1n) is 10.2. The van der Waals surface area contributed by atoms with Crippen LogP contribution in [-0.4, -0.2) is 50.1 Å². The van der Waals surface area contributed by atoms with Gasteiger partial charge in [0.05, 0.1) is 12.2 Å². The van der Waals surface area contributed by atoms with E-state index < -0.39 is 0 Å². The predicted molar refractivity (Wildman–Crippen MR) is 120 cm³/mol. The Kier molecular flexibility index (Phi) is 8.28. The van der Waals surface area contributed by atoms with E-state index in [4.69, 9.17) is 9.47 Å². The molecule has 1 aliphatic heterocycles. The van der Waals surface area contributed by atoms with Crippen molar-refractivity contribution >= 4 is 33.4 Å². The van der Waals surface area contributed by atoms with E-state index in [0.717, 1.165) is 30.4 Å². The summed E-state index contributed by atoms with van der Waals surface area (Å²) in [6.45, 7) is 2.35. The lowest BCUT2D eigenvalue weighted by molar-refractivity contribution is 0.0761. The van der Waals surface area contributed by atoms with Crippen LogP contribution in [0.5, 0.6) is 5.75 Å². The van der Waals surface area contributed by atoms with E-state index in [2.05, 4.69) is 21.2 Å². The number of amides is 2. The highest BCUT2D eigenvalue weighted by atomic mass is 79.9. The number of methoxy groups -OCH3 is 1. The standard InChI is InChI=1S/C23H27BrN2O4/c1-29-13-14-30-21-10-9-18(24)16-20(21)22(27)25-19-8-6-7-17(15-19)23(28)26-11-4-2-3-5-12-26/h6-10,15-16H,2-5,11-14H2,1H3,(H,25,27). The van der Waals surface area contributed by atoms with Gasteiger partial charge in [0.1, 0.15) is 12.4 Å². The third-order valence-electron chi connectivity index (χ3n) is 4.99. The summed E-state index contributed by atoms with van der Waals surface area (Å²) in [6, 6.07) is 12.4. The molecule has 1 fully saturated rings. The normalized spacial score (nSPS) is 14.1. The highest BCUT2D eigenvalue weighted by molar-refractivity contribution is 9.10. The van der Waals surface area contributed by atoms with Crippen molar-refractivity contribution in [2.45, 2.75) is 25.7 Å². The Hall–Kier alpha value is -2.38. The lowest BCUT2D eigenvalue weighted by Gasteiger charge is -2.20. The van der Waals surface area contributed by atoms with Crippen molar-refractivity contribution in [3.63, 3.8) is 0 Å². The molecule has 1 saturated heterocycles. The van der Waals surface area contributed by atoms with Crippen LogP contribution < -0.4 is 10.1 Å². The molecule has 0 bridgehead atoms. The lowest BCUT2D eigenvalue weighted by atomic mass is 10.1. The Morgan fingerprint density at radius 3 is 2.53 bits per heavy atom. The fourth-order valence-electron chi connectivity index (χ4n) is 3.43. The van der Waals surface area contributed by atoms with Crippen molar-refractivity contribution in [1.29, 1.82) is 0 Å². The van der Waals surface area contributed by atoms with E-state index in [0.29, 0.717) is 35.8 Å². The van der Waals surface area contributed by atoms with Crippen LogP contribution in [0.4, 0.5) is 5.69 Å². The number of nitrogens with one attached hydrogen (secondary N) is 1. The quantitative estimate of drug-likeness (QED) is 0.588. The maximum Gasteiger partial charge on any atom is 0.259 e. The van der Waals surface area contributed by atoms with Crippen LogP contribution in [0.2, 0.25) is 0 Å². The van der Waals surface area contributed by atoms with Crippen molar-refractivity contribution in [2.24, 2.45) is 0 Å². The average Bonchev–Trinajstić information content (AvgIpc) is 3.04. The van der Waals surface area contributed by atoms with Gasteiger partial charge < -0.3 is 19.7 Å². The molecule has 2 amide bonds. The summed E-state index contributed by atoms with van der Waals surface area (Å²) in [5, 5.41) is 2.89. The van der Waals surface area contributed by atoms with Crippen LogP contribution in [0.25, 0.3) is 0 Å². The topological polar surface area (TPSA) is 67.9 Å². The number of likely N-dealkylation sites (tertiary alicyclic amines) is 1. The average molecular weight is 475 g/mol. The van der Waals surface area contributed by atoms with Crippen molar-refractivity contribution in [3.05, 3.63) is 58.1 Å². The molecule has 6 nitrogen and oxygen atoms in total. The number of nitrogens with zero attached hydrogens (tertiary/aromatic N) is 1. The van der Waals surface area contributed by atoms with E-state index in [9.17, 15) is 9.59 Å². The molecule has 0 saturated carbocycles. The summed E-state index contributed by atoms with van der Waals surface area (Å²) in [5.41, 5.74) is 1.56. The number of halogens is 1. The highest BCUT2D eigenvalue weighted by Crippen LogP contribution is 2.25. The molecular weight excluding hydrogens is 448 g/mol. The van der Waals surface area contributed by atoms with Crippen LogP contribution >= 0.6 is 15.9 Å². The van der Waals surface area contributed by atoms with E-state index in [1.54, 1.807) is 43.5 Å². The van der Waals surface area contributed by atoms with Crippen LogP contribution in [0, 0.1) is 0 Å². The molecule has 30 heavy (non-hydrogen) atoms. The first kappa shape index (κ1) is 22.3. The minimum Gasteiger partial charge on any atom is -0.490 e. The number of rotatable bonds is 7. The predicted octanol–water partition coefficient (Wildman–Crippen LogP) is 4.74. The van der Waals surface area contributed by atoms with Crippen LogP contribution in [-0.2, 0) is 4.74 Å². The molecule has 2 aromatic carbocycles. The molecule has 3 rings (SSSR count). The fraction of sp³-hybridized carbons (Fsp3) is 0.391. The van der Waals surface area contributed by atoms with Crippen LogP contribution in [0.15, 0.2) is 46.9 Å². The zero-order valence-corrected chi connectivity index (χ0v) is 18.7. The number of ether oxygens (including phenoxy) is 2. The first-order chi connectivity index (χ1) is 14.6.